The van der Waals surface area contributed by atoms with Crippen LogP contribution in [0.25, 0.3) is 0 Å². The molecule has 1 aromatic carbocycles. The van der Waals surface area contributed by atoms with Gasteiger partial charge in [-0.1, -0.05) is 13.8 Å². The molecule has 0 bridgehead atoms. The average Bonchev–Trinajstić information content (AvgIpc) is 2.17. The van der Waals surface area contributed by atoms with Gasteiger partial charge in [0.05, 0.1) is 5.69 Å². The van der Waals surface area contributed by atoms with Crippen LogP contribution < -0.4 is 16.2 Å². The maximum Gasteiger partial charge on any atom is 0.240 e. The average molecular weight is 271 g/mol. The normalized spacial score (nSPS) is 13.6. The van der Waals surface area contributed by atoms with Crippen LogP contribution in [0.2, 0.25) is 0 Å². The molecule has 102 valence electrons. The molecule has 1 atom stereocenters. The summed E-state index contributed by atoms with van der Waals surface area (Å²) in [6.07, 6.45) is 0.939. The van der Waals surface area contributed by atoms with Crippen molar-refractivity contribution in [2.45, 2.75) is 38.1 Å². The van der Waals surface area contributed by atoms with Gasteiger partial charge in [0.2, 0.25) is 10.0 Å². The quantitative estimate of drug-likeness (QED) is 0.711. The van der Waals surface area contributed by atoms with Crippen molar-refractivity contribution in [2.24, 2.45) is 11.1 Å². The van der Waals surface area contributed by atoms with Gasteiger partial charge in [-0.3, -0.25) is 0 Å². The van der Waals surface area contributed by atoms with Crippen molar-refractivity contribution in [3.8, 4) is 0 Å². The van der Waals surface area contributed by atoms with Crippen molar-refractivity contribution < 1.29 is 8.42 Å². The Kier molecular flexibility index (Phi) is 4.59. The molecule has 0 aliphatic heterocycles. The smallest absolute Gasteiger partial charge is 0.240 e. The van der Waals surface area contributed by atoms with Gasteiger partial charge < -0.3 is 11.1 Å². The highest BCUT2D eigenvalue weighted by Gasteiger charge is 2.16. The van der Waals surface area contributed by atoms with E-state index in [0.717, 1.165) is 6.42 Å². The highest BCUT2D eigenvalue weighted by atomic mass is 32.2. The summed E-state index contributed by atoms with van der Waals surface area (Å²) >= 11 is 0. The molecule has 0 spiro atoms. The molecule has 18 heavy (non-hydrogen) atoms. The fraction of sp³-hybridized carbons (Fsp3) is 0.500. The molecule has 0 amide bonds. The lowest BCUT2D eigenvalue weighted by Gasteiger charge is -2.19. The molecule has 5 nitrogen and oxygen atoms in total. The van der Waals surface area contributed by atoms with Crippen LogP contribution in [0, 0.1) is 5.92 Å². The zero-order valence-electron chi connectivity index (χ0n) is 11.0. The van der Waals surface area contributed by atoms with E-state index >= 15 is 0 Å². The summed E-state index contributed by atoms with van der Waals surface area (Å²) < 4.78 is 23.0. The maximum atomic E-state index is 11.5. The van der Waals surface area contributed by atoms with Crippen molar-refractivity contribution in [1.82, 2.24) is 0 Å². The molecule has 0 saturated heterocycles. The third-order valence-electron chi connectivity index (χ3n) is 2.54. The molecule has 5 N–H and O–H groups in total. The summed E-state index contributed by atoms with van der Waals surface area (Å²) in [4.78, 5) is 0.0399. The molecule has 0 radical (unpaired) electrons. The van der Waals surface area contributed by atoms with Crippen molar-refractivity contribution in [3.63, 3.8) is 0 Å². The Hall–Kier alpha value is -1.27. The van der Waals surface area contributed by atoms with E-state index in [0.29, 0.717) is 17.3 Å². The molecule has 1 rings (SSSR count). The van der Waals surface area contributed by atoms with Gasteiger partial charge in [0.25, 0.3) is 0 Å². The minimum atomic E-state index is -3.77. The van der Waals surface area contributed by atoms with Gasteiger partial charge in [0.15, 0.2) is 0 Å². The first kappa shape index (κ1) is 14.8. The Labute approximate surface area is 109 Å². The number of nitrogens with two attached hydrogens (primary N) is 2. The summed E-state index contributed by atoms with van der Waals surface area (Å²) in [6, 6.07) is 4.83. The highest BCUT2D eigenvalue weighted by Crippen LogP contribution is 2.24. The molecule has 0 aliphatic rings. The number of sulfonamides is 1. The highest BCUT2D eigenvalue weighted by molar-refractivity contribution is 7.89. The van der Waals surface area contributed by atoms with E-state index in [1.54, 1.807) is 12.1 Å². The Morgan fingerprint density at radius 1 is 1.28 bits per heavy atom. The SMILES string of the molecule is CC(C)CC(C)Nc1ccc(N)cc1S(N)(=O)=O. The maximum absolute atomic E-state index is 11.5. The van der Waals surface area contributed by atoms with Gasteiger partial charge in [0, 0.05) is 11.7 Å². The van der Waals surface area contributed by atoms with Crippen molar-refractivity contribution >= 4 is 21.4 Å². The van der Waals surface area contributed by atoms with Crippen LogP contribution in [0.1, 0.15) is 27.2 Å². The van der Waals surface area contributed by atoms with Gasteiger partial charge in [-0.15, -0.1) is 0 Å². The van der Waals surface area contributed by atoms with E-state index in [1.165, 1.54) is 6.07 Å². The van der Waals surface area contributed by atoms with Crippen molar-refractivity contribution in [3.05, 3.63) is 18.2 Å². The largest absolute Gasteiger partial charge is 0.399 e. The summed E-state index contributed by atoms with van der Waals surface area (Å²) in [6.45, 7) is 6.23. The van der Waals surface area contributed by atoms with E-state index in [1.807, 2.05) is 6.92 Å². The number of anilines is 2. The van der Waals surface area contributed by atoms with Crippen LogP contribution in [0.5, 0.6) is 0 Å². The number of hydrogen-bond donors (Lipinski definition) is 3. The third-order valence-corrected chi connectivity index (χ3v) is 3.49. The van der Waals surface area contributed by atoms with Crippen LogP contribution in [-0.2, 0) is 10.0 Å². The molecule has 6 heteroatoms. The van der Waals surface area contributed by atoms with E-state index in [9.17, 15) is 8.42 Å². The summed E-state index contributed by atoms with van der Waals surface area (Å²) in [5.41, 5.74) is 6.46. The zero-order chi connectivity index (χ0) is 13.9. The fourth-order valence-electron chi connectivity index (χ4n) is 1.93. The summed E-state index contributed by atoms with van der Waals surface area (Å²) in [5.74, 6) is 0.527. The van der Waals surface area contributed by atoms with Crippen molar-refractivity contribution in [1.29, 1.82) is 0 Å². The van der Waals surface area contributed by atoms with E-state index in [4.69, 9.17) is 10.9 Å². The number of nitrogens with one attached hydrogen (secondary N) is 1. The molecular formula is C12H21N3O2S. The van der Waals surface area contributed by atoms with Crippen LogP contribution in [0.3, 0.4) is 0 Å². The molecule has 1 aromatic rings. The first-order chi connectivity index (χ1) is 8.20. The van der Waals surface area contributed by atoms with Crippen LogP contribution in [0.4, 0.5) is 11.4 Å². The Balaban J connectivity index is 3.02. The molecule has 0 saturated carbocycles. The predicted molar refractivity (Wildman–Crippen MR) is 74.8 cm³/mol. The lowest BCUT2D eigenvalue weighted by Crippen LogP contribution is -2.21. The monoisotopic (exact) mass is 271 g/mol. The second kappa shape index (κ2) is 5.58. The Bertz CT molecular complexity index is 512. The third kappa shape index (κ3) is 4.19. The first-order valence-corrected chi connectivity index (χ1v) is 7.43. The fourth-order valence-corrected chi connectivity index (χ4v) is 2.66. The summed E-state index contributed by atoms with van der Waals surface area (Å²) in [5, 5.41) is 8.34. The van der Waals surface area contributed by atoms with Crippen LogP contribution in [0.15, 0.2) is 23.1 Å². The van der Waals surface area contributed by atoms with Gasteiger partial charge >= 0.3 is 0 Å². The second-order valence-electron chi connectivity index (χ2n) is 4.98. The van der Waals surface area contributed by atoms with Crippen LogP contribution in [-0.4, -0.2) is 14.5 Å². The van der Waals surface area contributed by atoms with Crippen molar-refractivity contribution in [2.75, 3.05) is 11.1 Å². The lowest BCUT2D eigenvalue weighted by atomic mass is 10.1. The molecule has 0 heterocycles. The molecular weight excluding hydrogens is 250 g/mol. The molecule has 0 aliphatic carbocycles. The van der Waals surface area contributed by atoms with Gasteiger partial charge in [-0.05, 0) is 37.5 Å². The molecule has 0 fully saturated rings. The minimum Gasteiger partial charge on any atom is -0.399 e. The number of benzene rings is 1. The van der Waals surface area contributed by atoms with Gasteiger partial charge in [0.1, 0.15) is 4.90 Å². The first-order valence-electron chi connectivity index (χ1n) is 5.89. The van der Waals surface area contributed by atoms with Gasteiger partial charge in [-0.2, -0.15) is 0 Å². The molecule has 1 unspecified atom stereocenters. The Morgan fingerprint density at radius 2 is 1.89 bits per heavy atom. The standard InChI is InChI=1S/C12H21N3O2S/c1-8(2)6-9(3)15-11-5-4-10(13)7-12(11)18(14,16)17/h4-5,7-9,15H,6,13H2,1-3H3,(H2,14,16,17). The van der Waals surface area contributed by atoms with Gasteiger partial charge in [-0.25, -0.2) is 13.6 Å². The number of nitrogen functional groups attached to an aromatic ring is 1. The predicted octanol–water partition coefficient (Wildman–Crippen LogP) is 1.76. The summed E-state index contributed by atoms with van der Waals surface area (Å²) in [7, 11) is -3.77. The van der Waals surface area contributed by atoms with E-state index < -0.39 is 10.0 Å². The lowest BCUT2D eigenvalue weighted by molar-refractivity contribution is 0.539. The molecule has 0 aromatic heterocycles. The van der Waals surface area contributed by atoms with Crippen LogP contribution >= 0.6 is 0 Å². The number of rotatable bonds is 5. The minimum absolute atomic E-state index is 0.0399. The Morgan fingerprint density at radius 3 is 2.39 bits per heavy atom. The number of primary sulfonamides is 1. The number of hydrogen-bond acceptors (Lipinski definition) is 4. The van der Waals surface area contributed by atoms with E-state index in [2.05, 4.69) is 19.2 Å². The zero-order valence-corrected chi connectivity index (χ0v) is 11.8. The van der Waals surface area contributed by atoms with E-state index in [-0.39, 0.29) is 10.9 Å². The second-order valence-corrected chi connectivity index (χ2v) is 6.51. The topological polar surface area (TPSA) is 98.2 Å².